The van der Waals surface area contributed by atoms with Crippen molar-refractivity contribution < 1.29 is 14.0 Å². The molecule has 0 radical (unpaired) electrons. The first kappa shape index (κ1) is 20.5. The molecule has 3 aromatic heterocycles. The van der Waals surface area contributed by atoms with E-state index in [-0.39, 0.29) is 28.9 Å². The SMILES string of the molecule is CN(C)C(=O)C1CCN(c2ccncc2NC(=O)c2c(N)nn3cc(F)cnc23)CC1. The van der Waals surface area contributed by atoms with Gasteiger partial charge in [-0.2, -0.15) is 0 Å². The number of rotatable bonds is 4. The van der Waals surface area contributed by atoms with Gasteiger partial charge in [0.05, 0.1) is 30.0 Å². The Morgan fingerprint density at radius 3 is 2.71 bits per heavy atom. The number of nitrogens with zero attached hydrogens (tertiary/aromatic N) is 6. The maximum atomic E-state index is 13.4. The highest BCUT2D eigenvalue weighted by molar-refractivity contribution is 6.12. The Labute approximate surface area is 177 Å². The number of aromatic nitrogens is 4. The van der Waals surface area contributed by atoms with Crippen molar-refractivity contribution >= 4 is 34.7 Å². The molecule has 3 aromatic rings. The summed E-state index contributed by atoms with van der Waals surface area (Å²) in [5, 5.41) is 6.78. The van der Waals surface area contributed by atoms with E-state index < -0.39 is 11.7 Å². The minimum atomic E-state index is -0.590. The van der Waals surface area contributed by atoms with Crippen molar-refractivity contribution in [2.24, 2.45) is 5.92 Å². The number of nitrogens with one attached hydrogen (secondary N) is 1. The Kier molecular flexibility index (Phi) is 5.40. The molecule has 10 nitrogen and oxygen atoms in total. The summed E-state index contributed by atoms with van der Waals surface area (Å²) >= 11 is 0. The number of fused-ring (bicyclic) bond motifs is 1. The Balaban J connectivity index is 1.54. The third-order valence-electron chi connectivity index (χ3n) is 5.37. The van der Waals surface area contributed by atoms with Gasteiger partial charge in [-0.25, -0.2) is 13.9 Å². The normalized spacial score (nSPS) is 14.6. The number of nitrogen functional groups attached to an aromatic ring is 1. The standard InChI is InChI=1S/C20H23FN8O2/c1-27(2)20(31)12-4-7-28(8-5-12)15-3-6-23-10-14(15)25-19(30)16-17(22)26-29-11-13(21)9-24-18(16)29/h3,6,9-12H,4-5,7-8H2,1-2H3,(H2,22,26)(H,25,30). The average Bonchev–Trinajstić information content (AvgIpc) is 3.08. The Hall–Kier alpha value is -3.76. The van der Waals surface area contributed by atoms with Crippen LogP contribution in [0.3, 0.4) is 0 Å². The molecule has 0 spiro atoms. The largest absolute Gasteiger partial charge is 0.381 e. The van der Waals surface area contributed by atoms with Gasteiger partial charge in [0.25, 0.3) is 5.91 Å². The average molecular weight is 426 g/mol. The van der Waals surface area contributed by atoms with Gasteiger partial charge < -0.3 is 20.9 Å². The smallest absolute Gasteiger partial charge is 0.263 e. The molecule has 0 saturated carbocycles. The number of carbonyl (C=O) groups excluding carboxylic acids is 2. The number of piperidine rings is 1. The molecule has 162 valence electrons. The van der Waals surface area contributed by atoms with Gasteiger partial charge in [-0.15, -0.1) is 5.10 Å². The van der Waals surface area contributed by atoms with Gasteiger partial charge in [-0.05, 0) is 18.9 Å². The van der Waals surface area contributed by atoms with Gasteiger partial charge in [-0.3, -0.25) is 14.6 Å². The van der Waals surface area contributed by atoms with Crippen LogP contribution >= 0.6 is 0 Å². The minimum absolute atomic E-state index is 0.00354. The molecule has 0 unspecified atom stereocenters. The van der Waals surface area contributed by atoms with Crippen molar-refractivity contribution in [2.75, 3.05) is 43.1 Å². The molecule has 2 amide bonds. The molecule has 0 aromatic carbocycles. The fraction of sp³-hybridized carbons (Fsp3) is 0.350. The van der Waals surface area contributed by atoms with Crippen LogP contribution in [-0.4, -0.2) is 63.5 Å². The van der Waals surface area contributed by atoms with Crippen molar-refractivity contribution in [3.05, 3.63) is 42.2 Å². The third-order valence-corrected chi connectivity index (χ3v) is 5.37. The van der Waals surface area contributed by atoms with Gasteiger partial charge in [0.2, 0.25) is 5.91 Å². The lowest BCUT2D eigenvalue weighted by atomic mass is 9.95. The first-order valence-electron chi connectivity index (χ1n) is 9.86. The predicted molar refractivity (Wildman–Crippen MR) is 113 cm³/mol. The van der Waals surface area contributed by atoms with Crippen molar-refractivity contribution in [3.63, 3.8) is 0 Å². The zero-order chi connectivity index (χ0) is 22.1. The van der Waals surface area contributed by atoms with Gasteiger partial charge in [0.1, 0.15) is 5.56 Å². The molecule has 1 fully saturated rings. The topological polar surface area (TPSA) is 122 Å². The Morgan fingerprint density at radius 1 is 1.26 bits per heavy atom. The number of carbonyl (C=O) groups is 2. The van der Waals surface area contributed by atoms with E-state index in [4.69, 9.17) is 5.73 Å². The van der Waals surface area contributed by atoms with Crippen LogP contribution in [0.4, 0.5) is 21.6 Å². The van der Waals surface area contributed by atoms with Crippen LogP contribution in [0.15, 0.2) is 30.9 Å². The highest BCUT2D eigenvalue weighted by Crippen LogP contribution is 2.30. The van der Waals surface area contributed by atoms with E-state index in [1.807, 2.05) is 6.07 Å². The summed E-state index contributed by atoms with van der Waals surface area (Å²) in [5.74, 6) is -1.03. The van der Waals surface area contributed by atoms with E-state index in [0.717, 1.165) is 35.4 Å². The molecule has 1 saturated heterocycles. The number of pyridine rings is 1. The molecule has 0 atom stereocenters. The number of nitrogens with two attached hydrogens (primary N) is 1. The maximum absolute atomic E-state index is 13.4. The van der Waals surface area contributed by atoms with Crippen molar-refractivity contribution in [1.82, 2.24) is 24.5 Å². The van der Waals surface area contributed by atoms with E-state index >= 15 is 0 Å². The predicted octanol–water partition coefficient (Wildman–Crippen LogP) is 1.40. The third kappa shape index (κ3) is 3.98. The monoisotopic (exact) mass is 426 g/mol. The molecular weight excluding hydrogens is 403 g/mol. The number of amides is 2. The Bertz CT molecular complexity index is 1140. The summed E-state index contributed by atoms with van der Waals surface area (Å²) < 4.78 is 14.5. The molecule has 0 bridgehead atoms. The first-order chi connectivity index (χ1) is 14.8. The minimum Gasteiger partial charge on any atom is -0.381 e. The number of anilines is 3. The molecule has 11 heteroatoms. The highest BCUT2D eigenvalue weighted by atomic mass is 19.1. The van der Waals surface area contributed by atoms with E-state index in [2.05, 4.69) is 25.3 Å². The zero-order valence-corrected chi connectivity index (χ0v) is 17.2. The van der Waals surface area contributed by atoms with Crippen LogP contribution in [-0.2, 0) is 4.79 Å². The lowest BCUT2D eigenvalue weighted by Crippen LogP contribution is -2.40. The van der Waals surface area contributed by atoms with Crippen LogP contribution in [0.5, 0.6) is 0 Å². The fourth-order valence-electron chi connectivity index (χ4n) is 3.82. The lowest BCUT2D eigenvalue weighted by Gasteiger charge is -2.34. The second-order valence-corrected chi connectivity index (χ2v) is 7.64. The van der Waals surface area contributed by atoms with Crippen molar-refractivity contribution in [3.8, 4) is 0 Å². The molecule has 4 heterocycles. The molecule has 3 N–H and O–H groups in total. The lowest BCUT2D eigenvalue weighted by molar-refractivity contribution is -0.133. The van der Waals surface area contributed by atoms with Gasteiger partial charge in [-0.1, -0.05) is 0 Å². The second kappa shape index (κ2) is 8.17. The molecule has 4 rings (SSSR count). The number of hydrogen-bond donors (Lipinski definition) is 2. The summed E-state index contributed by atoms with van der Waals surface area (Å²) in [6.45, 7) is 1.35. The van der Waals surface area contributed by atoms with Gasteiger partial charge in [0, 0.05) is 39.3 Å². The van der Waals surface area contributed by atoms with Gasteiger partial charge >= 0.3 is 0 Å². The van der Waals surface area contributed by atoms with Crippen LogP contribution in [0, 0.1) is 11.7 Å². The van der Waals surface area contributed by atoms with E-state index in [1.165, 1.54) is 0 Å². The van der Waals surface area contributed by atoms with E-state index in [9.17, 15) is 14.0 Å². The summed E-state index contributed by atoms with van der Waals surface area (Å²) in [6, 6.07) is 1.82. The van der Waals surface area contributed by atoms with Crippen LogP contribution in [0.1, 0.15) is 23.2 Å². The quantitative estimate of drug-likeness (QED) is 0.647. The summed E-state index contributed by atoms with van der Waals surface area (Å²) in [5.41, 5.74) is 7.41. The molecule has 31 heavy (non-hydrogen) atoms. The summed E-state index contributed by atoms with van der Waals surface area (Å²) in [6.07, 6.45) is 6.76. The molecular formula is C20H23FN8O2. The molecule has 1 aliphatic rings. The fourth-order valence-corrected chi connectivity index (χ4v) is 3.82. The van der Waals surface area contributed by atoms with E-state index in [1.54, 1.807) is 31.4 Å². The van der Waals surface area contributed by atoms with Gasteiger partial charge in [0.15, 0.2) is 17.3 Å². The number of halogens is 1. The van der Waals surface area contributed by atoms with Crippen LogP contribution in [0.2, 0.25) is 0 Å². The maximum Gasteiger partial charge on any atom is 0.263 e. The summed E-state index contributed by atoms with van der Waals surface area (Å²) in [7, 11) is 3.53. The zero-order valence-electron chi connectivity index (χ0n) is 17.2. The number of hydrogen-bond acceptors (Lipinski definition) is 7. The molecule has 1 aliphatic heterocycles. The Morgan fingerprint density at radius 2 is 2.00 bits per heavy atom. The molecule has 0 aliphatic carbocycles. The van der Waals surface area contributed by atoms with Crippen molar-refractivity contribution in [2.45, 2.75) is 12.8 Å². The first-order valence-corrected chi connectivity index (χ1v) is 9.86. The van der Waals surface area contributed by atoms with Crippen molar-refractivity contribution in [1.29, 1.82) is 0 Å². The van der Waals surface area contributed by atoms with Crippen LogP contribution < -0.4 is 16.0 Å². The second-order valence-electron chi connectivity index (χ2n) is 7.64. The van der Waals surface area contributed by atoms with E-state index in [0.29, 0.717) is 18.8 Å². The summed E-state index contributed by atoms with van der Waals surface area (Å²) in [4.78, 5) is 37.0. The van der Waals surface area contributed by atoms with Crippen LogP contribution in [0.25, 0.3) is 5.65 Å². The highest BCUT2D eigenvalue weighted by Gasteiger charge is 2.28.